The van der Waals surface area contributed by atoms with Gasteiger partial charge in [-0.25, -0.2) is 0 Å². The molecule has 0 amide bonds. The molecule has 170 valence electrons. The third-order valence-corrected chi connectivity index (χ3v) is 6.27. The summed E-state index contributed by atoms with van der Waals surface area (Å²) in [6.45, 7) is 11.9. The predicted molar refractivity (Wildman–Crippen MR) is 140 cm³/mol. The molecule has 1 heterocycles. The van der Waals surface area contributed by atoms with E-state index < -0.39 is 5.60 Å². The van der Waals surface area contributed by atoms with Crippen LogP contribution in [0.4, 0.5) is 0 Å². The lowest BCUT2D eigenvalue weighted by atomic mass is 9.82. The van der Waals surface area contributed by atoms with E-state index in [0.717, 1.165) is 38.9 Å². The molecule has 3 aromatic carbocycles. The van der Waals surface area contributed by atoms with E-state index in [-0.39, 0.29) is 0 Å². The summed E-state index contributed by atoms with van der Waals surface area (Å²) in [6, 6.07) is 26.7. The lowest BCUT2D eigenvalue weighted by Gasteiger charge is -2.35. The first-order valence-corrected chi connectivity index (χ1v) is 11.4. The second-order valence-electron chi connectivity index (χ2n) is 8.77. The van der Waals surface area contributed by atoms with Gasteiger partial charge in [0.15, 0.2) is 5.60 Å². The Hall–Kier alpha value is -3.87. The fraction of sp³-hybridized carbons (Fsp3) is 0.194. The van der Waals surface area contributed by atoms with Crippen LogP contribution >= 0.6 is 0 Å². The minimum absolute atomic E-state index is 0.622. The number of aliphatic hydroxyl groups is 1. The number of allylic oxidation sites excluding steroid dienone is 1. The lowest BCUT2D eigenvalue weighted by Crippen LogP contribution is -2.36. The van der Waals surface area contributed by atoms with Crippen LogP contribution < -0.4 is 0 Å². The number of benzene rings is 2. The van der Waals surface area contributed by atoms with Crippen LogP contribution in [0.15, 0.2) is 85.2 Å². The molecule has 0 saturated heterocycles. The average molecular weight is 447 g/mol. The molecule has 0 bridgehead atoms. The first kappa shape index (κ1) is 23.3. The Morgan fingerprint density at radius 3 is 2.47 bits per heavy atom. The maximum Gasteiger partial charge on any atom is 0.162 e. The van der Waals surface area contributed by atoms with Gasteiger partial charge >= 0.3 is 0 Å². The summed E-state index contributed by atoms with van der Waals surface area (Å²) in [5, 5.41) is 13.4. The fourth-order valence-corrected chi connectivity index (χ4v) is 4.51. The first-order valence-electron chi connectivity index (χ1n) is 11.4. The smallest absolute Gasteiger partial charge is 0.162 e. The molecule has 0 radical (unpaired) electrons. The molecule has 1 unspecified atom stereocenters. The third-order valence-electron chi connectivity index (χ3n) is 6.27. The minimum Gasteiger partial charge on any atom is -0.374 e. The molecule has 4 rings (SSSR count). The highest BCUT2D eigenvalue weighted by Gasteiger charge is 2.38. The van der Waals surface area contributed by atoms with Crippen molar-refractivity contribution in [3.8, 4) is 11.1 Å². The van der Waals surface area contributed by atoms with Crippen LogP contribution in [0, 0.1) is 32.9 Å². The van der Waals surface area contributed by atoms with Crippen molar-refractivity contribution in [1.29, 1.82) is 0 Å². The van der Waals surface area contributed by atoms with Gasteiger partial charge in [0.05, 0.1) is 11.2 Å². The molecule has 0 fully saturated rings. The number of aromatic nitrogens is 1. The zero-order chi connectivity index (χ0) is 24.5. The molecular formula is C31H30N2O. The molecule has 4 aromatic rings. The lowest BCUT2D eigenvalue weighted by molar-refractivity contribution is 0.0970. The second-order valence-corrected chi connectivity index (χ2v) is 8.77. The summed E-state index contributed by atoms with van der Waals surface area (Å²) in [5.74, 6) is 0. The van der Waals surface area contributed by atoms with Gasteiger partial charge in [0, 0.05) is 23.7 Å². The van der Waals surface area contributed by atoms with Gasteiger partial charge < -0.3 is 10.0 Å². The molecule has 3 heteroatoms. The zero-order valence-corrected chi connectivity index (χ0v) is 20.5. The van der Waals surface area contributed by atoms with E-state index >= 15 is 0 Å². The monoisotopic (exact) mass is 446 g/mol. The molecule has 3 nitrogen and oxygen atoms in total. The van der Waals surface area contributed by atoms with Crippen molar-refractivity contribution >= 4 is 10.9 Å². The van der Waals surface area contributed by atoms with Gasteiger partial charge in [0.2, 0.25) is 0 Å². The normalized spacial score (nSPS) is 13.3. The van der Waals surface area contributed by atoms with Crippen molar-refractivity contribution in [3.63, 3.8) is 0 Å². The van der Waals surface area contributed by atoms with Crippen molar-refractivity contribution in [2.45, 2.75) is 33.3 Å². The molecule has 1 N–H and O–H groups in total. The number of hydrogen-bond donors (Lipinski definition) is 1. The van der Waals surface area contributed by atoms with Crippen molar-refractivity contribution < 1.29 is 5.11 Å². The van der Waals surface area contributed by atoms with E-state index in [1.54, 1.807) is 6.20 Å². The van der Waals surface area contributed by atoms with Crippen LogP contribution in [0.2, 0.25) is 0 Å². The molecule has 1 aromatic heterocycles. The molecule has 0 aliphatic heterocycles. The van der Waals surface area contributed by atoms with Crippen LogP contribution in [0.5, 0.6) is 0 Å². The Bertz CT molecular complexity index is 1380. The summed E-state index contributed by atoms with van der Waals surface area (Å²) in [5.41, 5.74) is 6.81. The summed E-state index contributed by atoms with van der Waals surface area (Å²) in [4.78, 5) is 6.61. The van der Waals surface area contributed by atoms with Gasteiger partial charge in [-0.1, -0.05) is 60.7 Å². The molecule has 34 heavy (non-hydrogen) atoms. The summed E-state index contributed by atoms with van der Waals surface area (Å²) >= 11 is 0. The van der Waals surface area contributed by atoms with Gasteiger partial charge in [-0.2, -0.15) is 0 Å². The fourth-order valence-electron chi connectivity index (χ4n) is 4.51. The second kappa shape index (κ2) is 9.17. The summed E-state index contributed by atoms with van der Waals surface area (Å²) in [6.07, 6.45) is 3.61. The van der Waals surface area contributed by atoms with Crippen molar-refractivity contribution in [3.05, 3.63) is 125 Å². The minimum atomic E-state index is -1.45. The van der Waals surface area contributed by atoms with E-state index in [1.165, 1.54) is 5.56 Å². The molecular weight excluding hydrogens is 416 g/mol. The maximum atomic E-state index is 12.4. The van der Waals surface area contributed by atoms with E-state index in [4.69, 9.17) is 4.98 Å². The highest BCUT2D eigenvalue weighted by molar-refractivity contribution is 5.95. The number of nitrogens with zero attached hydrogens (tertiary/aromatic N) is 2. The van der Waals surface area contributed by atoms with E-state index in [1.807, 2.05) is 69.1 Å². The Labute approximate surface area is 202 Å². The van der Waals surface area contributed by atoms with Crippen LogP contribution in [-0.4, -0.2) is 22.0 Å². The van der Waals surface area contributed by atoms with E-state index in [0.29, 0.717) is 11.3 Å². The van der Waals surface area contributed by atoms with Crippen molar-refractivity contribution in [2.75, 3.05) is 7.05 Å². The third kappa shape index (κ3) is 4.09. The van der Waals surface area contributed by atoms with Crippen LogP contribution in [0.3, 0.4) is 0 Å². The quantitative estimate of drug-likeness (QED) is 0.361. The summed E-state index contributed by atoms with van der Waals surface area (Å²) in [7, 11) is 1.88. The molecule has 0 saturated carbocycles. The maximum absolute atomic E-state index is 12.4. The predicted octanol–water partition coefficient (Wildman–Crippen LogP) is 6.64. The van der Waals surface area contributed by atoms with Crippen molar-refractivity contribution in [2.24, 2.45) is 0 Å². The van der Waals surface area contributed by atoms with Gasteiger partial charge in [0.1, 0.15) is 0 Å². The van der Waals surface area contributed by atoms with Crippen LogP contribution in [0.25, 0.3) is 22.0 Å². The SMILES string of the molecule is C=CN(C)/C(=C\C)C(O)(c1c#cc(C)cc1)c1ccc2nc(C)cc(-c3cccc(C)c3)c2c1. The largest absolute Gasteiger partial charge is 0.374 e. The van der Waals surface area contributed by atoms with E-state index in [9.17, 15) is 5.11 Å². The number of rotatable bonds is 6. The topological polar surface area (TPSA) is 36.4 Å². The molecule has 0 aliphatic rings. The van der Waals surface area contributed by atoms with Gasteiger partial charge in [-0.3, -0.25) is 4.98 Å². The standard InChI is InChI=1S/C31H30N2O/c1-7-30(33(6)8-2)31(34,25-14-12-21(3)13-15-25)26-16-17-29-28(20-26)27(19-23(5)32-29)24-11-9-10-22(4)18-24/h7-12,14,16-20,34H,2H2,1,3-6H3/b30-7-. The van der Waals surface area contributed by atoms with Gasteiger partial charge in [-0.05, 0) is 86.5 Å². The number of likely N-dealkylation sites (N-methyl/N-ethyl adjacent to an activating group) is 1. The Morgan fingerprint density at radius 1 is 1.03 bits per heavy atom. The van der Waals surface area contributed by atoms with Gasteiger partial charge in [0.25, 0.3) is 0 Å². The van der Waals surface area contributed by atoms with Gasteiger partial charge in [-0.15, -0.1) is 0 Å². The van der Waals surface area contributed by atoms with E-state index in [2.05, 4.69) is 56.0 Å². The Kier molecular flexibility index (Phi) is 6.28. The number of fused-ring (bicyclic) bond motifs is 1. The number of pyridine rings is 1. The highest BCUT2D eigenvalue weighted by Crippen LogP contribution is 2.40. The Balaban J connectivity index is 2.03. The molecule has 1 atom stereocenters. The van der Waals surface area contributed by atoms with Crippen LogP contribution in [-0.2, 0) is 5.60 Å². The highest BCUT2D eigenvalue weighted by atomic mass is 16.3. The zero-order valence-electron chi connectivity index (χ0n) is 20.5. The Morgan fingerprint density at radius 2 is 1.82 bits per heavy atom. The number of hydrogen-bond acceptors (Lipinski definition) is 3. The van der Waals surface area contributed by atoms with Crippen LogP contribution in [0.1, 0.15) is 34.9 Å². The molecule has 0 aliphatic carbocycles. The molecule has 0 spiro atoms. The summed E-state index contributed by atoms with van der Waals surface area (Å²) < 4.78 is 0. The number of aryl methyl sites for hydroxylation is 3. The van der Waals surface area contributed by atoms with Crippen molar-refractivity contribution in [1.82, 2.24) is 9.88 Å². The first-order chi connectivity index (χ1) is 16.3. The average Bonchev–Trinajstić information content (AvgIpc) is 2.83.